The van der Waals surface area contributed by atoms with E-state index >= 15 is 0 Å². The summed E-state index contributed by atoms with van der Waals surface area (Å²) in [6.45, 7) is 1.12. The second-order valence-electron chi connectivity index (χ2n) is 9.79. The summed E-state index contributed by atoms with van der Waals surface area (Å²) in [5, 5.41) is 2.72. The van der Waals surface area contributed by atoms with Crippen LogP contribution >= 0.6 is 0 Å². The maximum absolute atomic E-state index is 13.5. The molecule has 2 aliphatic heterocycles. The predicted octanol–water partition coefficient (Wildman–Crippen LogP) is 5.18. The highest BCUT2D eigenvalue weighted by Gasteiger charge is 2.40. The first-order chi connectivity index (χ1) is 19.9. The van der Waals surface area contributed by atoms with Gasteiger partial charge in [0, 0.05) is 18.7 Å². The molecule has 5 rings (SSSR count). The quantitative estimate of drug-likeness (QED) is 0.401. The smallest absolute Gasteiger partial charge is 0.483 e. The Morgan fingerprint density at radius 1 is 1.02 bits per heavy atom. The Hall–Kier alpha value is -4.68. The van der Waals surface area contributed by atoms with Crippen molar-refractivity contribution >= 4 is 23.4 Å². The number of carbonyl (C=O) groups is 3. The van der Waals surface area contributed by atoms with Gasteiger partial charge in [-0.25, -0.2) is 8.78 Å². The molecule has 1 N–H and O–H groups in total. The van der Waals surface area contributed by atoms with Gasteiger partial charge in [-0.3, -0.25) is 14.4 Å². The number of fused-ring (bicyclic) bond motifs is 2. The van der Waals surface area contributed by atoms with Gasteiger partial charge in [-0.2, -0.15) is 0 Å². The fraction of sp³-hybridized carbons (Fsp3) is 0.276. The van der Waals surface area contributed by atoms with Crippen LogP contribution in [0.5, 0.6) is 11.5 Å². The highest BCUT2D eigenvalue weighted by Crippen LogP contribution is 2.32. The monoisotopic (exact) mass is 589 g/mol. The zero-order valence-electron chi connectivity index (χ0n) is 22.1. The van der Waals surface area contributed by atoms with Crippen molar-refractivity contribution in [3.8, 4) is 22.6 Å². The van der Waals surface area contributed by atoms with Crippen molar-refractivity contribution in [1.29, 1.82) is 0 Å². The standard InChI is InChI=1S/C29H24F5N3O5/c1-16-11-20(42-29(32,33)34)6-8-24(16)41-15-25(38)36-9-10-37-23(14-36)27(39)35-22-7-5-18(13-21(22)28(37)40)17-3-2-4-19(12-17)26(30)31/h2-8,11-13,23,26H,9-10,14-15H2,1H3,(H,35,39)/t23-/m0/s1. The Kier molecular flexibility index (Phi) is 7.76. The van der Waals surface area contributed by atoms with E-state index in [1.54, 1.807) is 18.2 Å². The molecule has 3 aromatic rings. The van der Waals surface area contributed by atoms with Crippen molar-refractivity contribution in [3.05, 3.63) is 77.4 Å². The Labute approximate surface area is 236 Å². The van der Waals surface area contributed by atoms with Gasteiger partial charge in [0.15, 0.2) is 6.61 Å². The number of alkyl halides is 5. The molecule has 42 heavy (non-hydrogen) atoms. The summed E-state index contributed by atoms with van der Waals surface area (Å²) >= 11 is 0. The van der Waals surface area contributed by atoms with Gasteiger partial charge >= 0.3 is 6.36 Å². The summed E-state index contributed by atoms with van der Waals surface area (Å²) in [5.41, 5.74) is 1.64. The number of nitrogens with zero attached hydrogens (tertiary/aromatic N) is 2. The van der Waals surface area contributed by atoms with Crippen LogP contribution < -0.4 is 14.8 Å². The van der Waals surface area contributed by atoms with Gasteiger partial charge in [0.05, 0.1) is 17.8 Å². The molecule has 3 aromatic carbocycles. The van der Waals surface area contributed by atoms with Crippen LogP contribution in [0.3, 0.4) is 0 Å². The van der Waals surface area contributed by atoms with Gasteiger partial charge in [-0.15, -0.1) is 13.2 Å². The molecule has 0 saturated carbocycles. The van der Waals surface area contributed by atoms with Gasteiger partial charge in [-0.05, 0) is 60.0 Å². The number of benzene rings is 3. The molecule has 0 spiro atoms. The third-order valence-corrected chi connectivity index (χ3v) is 7.01. The summed E-state index contributed by atoms with van der Waals surface area (Å²) in [5.74, 6) is -1.66. The number of piperazine rings is 1. The molecule has 0 bridgehead atoms. The molecule has 0 radical (unpaired) electrons. The number of amides is 3. The summed E-state index contributed by atoms with van der Waals surface area (Å²) in [6, 6.07) is 13.0. The van der Waals surface area contributed by atoms with Crippen LogP contribution in [-0.2, 0) is 9.59 Å². The average molecular weight is 590 g/mol. The molecule has 0 aromatic heterocycles. The number of aryl methyl sites for hydroxylation is 1. The molecular weight excluding hydrogens is 565 g/mol. The Morgan fingerprint density at radius 2 is 1.79 bits per heavy atom. The van der Waals surface area contributed by atoms with E-state index in [-0.39, 0.29) is 42.2 Å². The van der Waals surface area contributed by atoms with Crippen molar-refractivity contribution in [1.82, 2.24) is 9.80 Å². The van der Waals surface area contributed by atoms with Crippen LogP contribution in [0, 0.1) is 6.92 Å². The summed E-state index contributed by atoms with van der Waals surface area (Å²) in [4.78, 5) is 42.3. The normalized spacial score (nSPS) is 16.9. The molecule has 13 heteroatoms. The lowest BCUT2D eigenvalue weighted by Gasteiger charge is -2.39. The van der Waals surface area contributed by atoms with E-state index in [1.807, 2.05) is 0 Å². The van der Waals surface area contributed by atoms with Crippen LogP contribution in [0.1, 0.15) is 27.9 Å². The molecule has 8 nitrogen and oxygen atoms in total. The highest BCUT2D eigenvalue weighted by atomic mass is 19.4. The van der Waals surface area contributed by atoms with Crippen LogP contribution in [0.15, 0.2) is 60.7 Å². The molecule has 1 atom stereocenters. The minimum Gasteiger partial charge on any atom is -0.483 e. The Morgan fingerprint density at radius 3 is 2.50 bits per heavy atom. The summed E-state index contributed by atoms with van der Waals surface area (Å²) < 4.78 is 73.2. The fourth-order valence-electron chi connectivity index (χ4n) is 4.92. The summed E-state index contributed by atoms with van der Waals surface area (Å²) in [7, 11) is 0. The molecular formula is C29H24F5N3O5. The first-order valence-corrected chi connectivity index (χ1v) is 12.8. The number of anilines is 1. The van der Waals surface area contributed by atoms with Gasteiger partial charge in [0.2, 0.25) is 5.91 Å². The molecule has 1 fully saturated rings. The fourth-order valence-corrected chi connectivity index (χ4v) is 4.92. The van der Waals surface area contributed by atoms with E-state index in [9.17, 15) is 36.3 Å². The van der Waals surface area contributed by atoms with Gasteiger partial charge in [0.1, 0.15) is 17.5 Å². The minimum absolute atomic E-state index is 0.0513. The number of hydrogen-bond acceptors (Lipinski definition) is 5. The molecule has 2 heterocycles. The van der Waals surface area contributed by atoms with Crippen LogP contribution in [0.4, 0.5) is 27.6 Å². The zero-order chi connectivity index (χ0) is 30.2. The first-order valence-electron chi connectivity index (χ1n) is 12.8. The lowest BCUT2D eigenvalue weighted by atomic mass is 9.99. The number of ether oxygens (including phenoxy) is 2. The molecule has 0 aliphatic carbocycles. The predicted molar refractivity (Wildman–Crippen MR) is 140 cm³/mol. The maximum atomic E-state index is 13.5. The minimum atomic E-state index is -4.84. The van der Waals surface area contributed by atoms with E-state index in [2.05, 4.69) is 10.1 Å². The Bertz CT molecular complexity index is 1540. The van der Waals surface area contributed by atoms with Crippen molar-refractivity contribution in [3.63, 3.8) is 0 Å². The first kappa shape index (κ1) is 28.8. The van der Waals surface area contributed by atoms with Crippen molar-refractivity contribution in [2.75, 3.05) is 31.6 Å². The number of halogens is 5. The highest BCUT2D eigenvalue weighted by molar-refractivity contribution is 6.10. The molecule has 0 unspecified atom stereocenters. The van der Waals surface area contributed by atoms with Crippen molar-refractivity contribution in [2.24, 2.45) is 0 Å². The summed E-state index contributed by atoms with van der Waals surface area (Å²) in [6.07, 6.45) is -7.50. The Balaban J connectivity index is 1.27. The van der Waals surface area contributed by atoms with E-state index in [1.165, 1.54) is 47.1 Å². The third-order valence-electron chi connectivity index (χ3n) is 7.01. The van der Waals surface area contributed by atoms with Crippen molar-refractivity contribution in [2.45, 2.75) is 25.8 Å². The van der Waals surface area contributed by atoms with E-state index < -0.39 is 48.9 Å². The van der Waals surface area contributed by atoms with Crippen LogP contribution in [0.25, 0.3) is 11.1 Å². The van der Waals surface area contributed by atoms with Gasteiger partial charge in [0.25, 0.3) is 18.2 Å². The second-order valence-corrected chi connectivity index (χ2v) is 9.79. The lowest BCUT2D eigenvalue weighted by molar-refractivity contribution is -0.274. The SMILES string of the molecule is Cc1cc(OC(F)(F)F)ccc1OCC(=O)N1CCN2C(=O)c3cc(-c4cccc(C(F)F)c4)ccc3NC(=O)[C@@H]2C1. The van der Waals surface area contributed by atoms with E-state index in [0.29, 0.717) is 16.7 Å². The van der Waals surface area contributed by atoms with Gasteiger partial charge in [-0.1, -0.05) is 24.3 Å². The zero-order valence-corrected chi connectivity index (χ0v) is 22.1. The second kappa shape index (κ2) is 11.3. The third kappa shape index (κ3) is 6.14. The molecule has 3 amide bonds. The molecule has 220 valence electrons. The van der Waals surface area contributed by atoms with Gasteiger partial charge < -0.3 is 24.6 Å². The number of nitrogens with one attached hydrogen (secondary N) is 1. The number of rotatable bonds is 6. The molecule has 2 aliphatic rings. The van der Waals surface area contributed by atoms with E-state index in [4.69, 9.17) is 4.74 Å². The molecule has 1 saturated heterocycles. The largest absolute Gasteiger partial charge is 0.573 e. The van der Waals surface area contributed by atoms with Crippen LogP contribution in [-0.4, -0.2) is 66.2 Å². The van der Waals surface area contributed by atoms with E-state index in [0.717, 1.165) is 12.1 Å². The average Bonchev–Trinajstić information content (AvgIpc) is 3.05. The van der Waals surface area contributed by atoms with Crippen LogP contribution in [0.2, 0.25) is 0 Å². The maximum Gasteiger partial charge on any atom is 0.573 e. The number of hydrogen-bond donors (Lipinski definition) is 1. The lowest BCUT2D eigenvalue weighted by Crippen LogP contribution is -2.60. The van der Waals surface area contributed by atoms with Crippen molar-refractivity contribution < 1.29 is 45.8 Å². The topological polar surface area (TPSA) is 88.2 Å². The number of carbonyl (C=O) groups excluding carboxylic acids is 3.